The summed E-state index contributed by atoms with van der Waals surface area (Å²) in [5, 5.41) is 1.72. The van der Waals surface area contributed by atoms with Gasteiger partial charge in [-0.25, -0.2) is 0 Å². The Morgan fingerprint density at radius 3 is 2.78 bits per heavy atom. The van der Waals surface area contributed by atoms with Gasteiger partial charge in [-0.2, -0.15) is 0 Å². The Kier molecular flexibility index (Phi) is 1.02. The molecule has 0 unspecified atom stereocenters. The summed E-state index contributed by atoms with van der Waals surface area (Å²) >= 11 is 0. The molecular formula is C7H13NO. The first-order valence-electron chi connectivity index (χ1n) is 4.13. The lowest BCUT2D eigenvalue weighted by Gasteiger charge is -2.45. The molecule has 2 fully saturated rings. The van der Waals surface area contributed by atoms with Crippen molar-refractivity contribution in [2.75, 3.05) is 19.8 Å². The SMILES string of the molecule is [2H]N1CCCCC12COC2. The minimum absolute atomic E-state index is 0.137. The second-order valence-electron chi connectivity index (χ2n) is 3.06. The zero-order valence-electron chi connectivity index (χ0n) is 6.60. The molecule has 0 saturated carbocycles. The molecule has 0 amide bonds. The Labute approximate surface area is 57.0 Å². The van der Waals surface area contributed by atoms with Crippen LogP contribution in [0.2, 0.25) is 1.41 Å². The van der Waals surface area contributed by atoms with Crippen molar-refractivity contribution in [1.82, 2.24) is 5.31 Å². The molecule has 2 saturated heterocycles. The third kappa shape index (κ3) is 0.864. The lowest BCUT2D eigenvalue weighted by atomic mass is 9.87. The fourth-order valence-corrected chi connectivity index (χ4v) is 1.53. The first-order valence-corrected chi connectivity index (χ1v) is 3.68. The number of piperidine rings is 1. The molecule has 2 heterocycles. The molecule has 0 aliphatic carbocycles. The molecule has 0 aromatic carbocycles. The molecule has 2 rings (SSSR count). The van der Waals surface area contributed by atoms with E-state index in [1.165, 1.54) is 12.8 Å². The van der Waals surface area contributed by atoms with Crippen LogP contribution in [0.4, 0.5) is 0 Å². The Hall–Kier alpha value is -0.0800. The zero-order chi connectivity index (χ0) is 7.03. The van der Waals surface area contributed by atoms with E-state index in [1.807, 2.05) is 0 Å². The van der Waals surface area contributed by atoms with Crippen LogP contribution in [0.1, 0.15) is 19.3 Å². The monoisotopic (exact) mass is 128 g/mol. The van der Waals surface area contributed by atoms with Crippen LogP contribution in [-0.4, -0.2) is 25.3 Å². The molecule has 0 bridgehead atoms. The highest BCUT2D eigenvalue weighted by Crippen LogP contribution is 2.26. The fraction of sp³-hybridized carbons (Fsp3) is 1.00. The van der Waals surface area contributed by atoms with Crippen molar-refractivity contribution in [2.45, 2.75) is 24.8 Å². The number of nitrogens with one attached hydrogen (secondary N) is 1. The molecule has 1 N–H and O–H groups in total. The van der Waals surface area contributed by atoms with Gasteiger partial charge in [0, 0.05) is 0 Å². The summed E-state index contributed by atoms with van der Waals surface area (Å²) in [5.41, 5.74) is 0.137. The average molecular weight is 128 g/mol. The molecule has 52 valence electrons. The van der Waals surface area contributed by atoms with E-state index in [9.17, 15) is 0 Å². The van der Waals surface area contributed by atoms with Crippen molar-refractivity contribution in [3.63, 3.8) is 0 Å². The Morgan fingerprint density at radius 1 is 1.44 bits per heavy atom. The van der Waals surface area contributed by atoms with Crippen LogP contribution in [0.5, 0.6) is 0 Å². The average Bonchev–Trinajstić information content (AvgIpc) is 1.85. The highest BCUT2D eigenvalue weighted by atomic mass is 16.5. The largest absolute Gasteiger partial charge is 0.377 e. The molecular weight excluding hydrogens is 114 g/mol. The van der Waals surface area contributed by atoms with Crippen LogP contribution in [0, 0.1) is 0 Å². The summed E-state index contributed by atoms with van der Waals surface area (Å²) in [6.07, 6.45) is 3.63. The van der Waals surface area contributed by atoms with E-state index in [1.54, 1.807) is 5.31 Å². The van der Waals surface area contributed by atoms with E-state index < -0.39 is 0 Å². The predicted molar refractivity (Wildman–Crippen MR) is 35.4 cm³/mol. The van der Waals surface area contributed by atoms with Gasteiger partial charge in [0.2, 0.25) is 0 Å². The Morgan fingerprint density at radius 2 is 2.33 bits per heavy atom. The maximum Gasteiger partial charge on any atom is 0.123 e. The molecule has 0 atom stereocenters. The summed E-state index contributed by atoms with van der Waals surface area (Å²) < 4.78 is 12.8. The Balaban J connectivity index is 2.03. The second-order valence-corrected chi connectivity index (χ2v) is 3.06. The minimum atomic E-state index is 0.137. The van der Waals surface area contributed by atoms with E-state index in [0.717, 1.165) is 26.2 Å². The van der Waals surface area contributed by atoms with Crippen molar-refractivity contribution < 1.29 is 6.15 Å². The highest BCUT2D eigenvalue weighted by Gasteiger charge is 2.38. The van der Waals surface area contributed by atoms with Crippen LogP contribution >= 0.6 is 0 Å². The lowest BCUT2D eigenvalue weighted by molar-refractivity contribution is -0.0858. The van der Waals surface area contributed by atoms with Gasteiger partial charge in [0.25, 0.3) is 0 Å². The smallest absolute Gasteiger partial charge is 0.123 e. The molecule has 2 aliphatic heterocycles. The first kappa shape index (κ1) is 4.69. The van der Waals surface area contributed by atoms with Crippen LogP contribution in [0.25, 0.3) is 0 Å². The van der Waals surface area contributed by atoms with E-state index in [0.29, 0.717) is 0 Å². The van der Waals surface area contributed by atoms with Crippen molar-refractivity contribution in [3.05, 3.63) is 0 Å². The third-order valence-corrected chi connectivity index (χ3v) is 2.24. The van der Waals surface area contributed by atoms with Gasteiger partial charge in [-0.15, -0.1) is 0 Å². The highest BCUT2D eigenvalue weighted by molar-refractivity contribution is 4.96. The minimum Gasteiger partial charge on any atom is -0.377 e. The number of ether oxygens (including phenoxy) is 1. The molecule has 2 nitrogen and oxygen atoms in total. The lowest BCUT2D eigenvalue weighted by Crippen LogP contribution is -2.62. The standard InChI is InChI=1S/C7H13NO/c1-2-4-8-7(3-1)5-9-6-7/h8H,1-6H2/i/hD. The topological polar surface area (TPSA) is 21.3 Å². The van der Waals surface area contributed by atoms with Gasteiger partial charge in [0.1, 0.15) is 1.41 Å². The van der Waals surface area contributed by atoms with Crippen LogP contribution in [0.3, 0.4) is 0 Å². The van der Waals surface area contributed by atoms with Crippen LogP contribution < -0.4 is 5.31 Å². The molecule has 2 heteroatoms. The molecule has 1 spiro atoms. The second kappa shape index (κ2) is 1.96. The zero-order valence-corrected chi connectivity index (χ0v) is 5.60. The van der Waals surface area contributed by atoms with Gasteiger partial charge in [0.15, 0.2) is 0 Å². The van der Waals surface area contributed by atoms with Gasteiger partial charge in [-0.3, -0.25) is 0 Å². The van der Waals surface area contributed by atoms with Crippen molar-refractivity contribution >= 4 is 0 Å². The van der Waals surface area contributed by atoms with Gasteiger partial charge in [-0.05, 0) is 19.4 Å². The summed E-state index contributed by atoms with van der Waals surface area (Å²) in [4.78, 5) is 0. The summed E-state index contributed by atoms with van der Waals surface area (Å²) in [6, 6.07) is 0. The maximum atomic E-state index is 7.63. The Bertz CT molecular complexity index is 136. The van der Waals surface area contributed by atoms with Crippen molar-refractivity contribution in [1.29, 1.82) is 0 Å². The van der Waals surface area contributed by atoms with E-state index in [2.05, 4.69) is 0 Å². The number of hydrogen-bond donors (Lipinski definition) is 1. The molecule has 0 aromatic heterocycles. The molecule has 9 heavy (non-hydrogen) atoms. The third-order valence-electron chi connectivity index (χ3n) is 2.24. The van der Waals surface area contributed by atoms with E-state index >= 15 is 0 Å². The fourth-order valence-electron chi connectivity index (χ4n) is 1.53. The van der Waals surface area contributed by atoms with Gasteiger partial charge < -0.3 is 10.0 Å². The quantitative estimate of drug-likeness (QED) is 0.514. The predicted octanol–water partition coefficient (Wildman–Crippen LogP) is 0.529. The van der Waals surface area contributed by atoms with Gasteiger partial charge >= 0.3 is 0 Å². The van der Waals surface area contributed by atoms with Crippen LogP contribution in [-0.2, 0) is 4.74 Å². The molecule has 0 aromatic rings. The number of rotatable bonds is 0. The van der Waals surface area contributed by atoms with Crippen molar-refractivity contribution in [2.24, 2.45) is 0 Å². The molecule has 2 aliphatic rings. The molecule has 0 radical (unpaired) electrons. The maximum absolute atomic E-state index is 7.63. The van der Waals surface area contributed by atoms with Gasteiger partial charge in [0.05, 0.1) is 18.8 Å². The normalized spacial score (nSPS) is 35.8. The summed E-state index contributed by atoms with van der Waals surface area (Å²) in [6.45, 7) is 2.51. The summed E-state index contributed by atoms with van der Waals surface area (Å²) in [5.74, 6) is 0. The van der Waals surface area contributed by atoms with Crippen molar-refractivity contribution in [3.8, 4) is 0 Å². The van der Waals surface area contributed by atoms with Crippen LogP contribution in [0.15, 0.2) is 0 Å². The van der Waals surface area contributed by atoms with E-state index in [4.69, 9.17) is 6.15 Å². The van der Waals surface area contributed by atoms with E-state index in [-0.39, 0.29) is 5.54 Å². The first-order chi connectivity index (χ1) is 4.83. The number of hydrogen-bond acceptors (Lipinski definition) is 2. The summed E-state index contributed by atoms with van der Waals surface area (Å²) in [7, 11) is 0. The van der Waals surface area contributed by atoms with Gasteiger partial charge in [-0.1, -0.05) is 6.42 Å².